The number of rotatable bonds is 5. The molecule has 0 bridgehead atoms. The summed E-state index contributed by atoms with van der Waals surface area (Å²) in [6.45, 7) is 3.63. The van der Waals surface area contributed by atoms with E-state index in [0.29, 0.717) is 5.92 Å². The first-order valence-corrected chi connectivity index (χ1v) is 11.1. The third-order valence-electron chi connectivity index (χ3n) is 5.58. The van der Waals surface area contributed by atoms with E-state index in [0.717, 1.165) is 35.6 Å². The van der Waals surface area contributed by atoms with E-state index in [1.165, 1.54) is 13.3 Å². The van der Waals surface area contributed by atoms with E-state index in [9.17, 15) is 13.2 Å². The average Bonchev–Trinajstić information content (AvgIpc) is 2.63. The number of benzene rings is 2. The van der Waals surface area contributed by atoms with Crippen molar-refractivity contribution >= 4 is 26.5 Å². The Kier molecular flexibility index (Phi) is 5.66. The molecular weight excluding hydrogens is 346 g/mol. The highest BCUT2D eigenvalue weighted by Crippen LogP contribution is 2.25. The van der Waals surface area contributed by atoms with Crippen LogP contribution in [0.15, 0.2) is 42.5 Å². The predicted molar refractivity (Wildman–Crippen MR) is 106 cm³/mol. The van der Waals surface area contributed by atoms with Crippen molar-refractivity contribution in [2.24, 2.45) is 5.92 Å². The summed E-state index contributed by atoms with van der Waals surface area (Å²) in [5.41, 5.74) is 0.744. The van der Waals surface area contributed by atoms with Crippen LogP contribution >= 0.6 is 0 Å². The van der Waals surface area contributed by atoms with Crippen LogP contribution in [0.25, 0.3) is 10.8 Å². The molecule has 5 heteroatoms. The number of nitrogens with one attached hydrogen (secondary N) is 1. The fraction of sp³-hybridized carbons (Fsp3) is 0.476. The third kappa shape index (κ3) is 4.09. The van der Waals surface area contributed by atoms with Crippen LogP contribution in [-0.4, -0.2) is 25.6 Å². The van der Waals surface area contributed by atoms with Crippen LogP contribution < -0.4 is 5.32 Å². The van der Waals surface area contributed by atoms with Crippen LogP contribution in [0.5, 0.6) is 0 Å². The van der Waals surface area contributed by atoms with E-state index in [-0.39, 0.29) is 17.7 Å². The summed E-state index contributed by atoms with van der Waals surface area (Å²) in [6, 6.07) is 13.5. The summed E-state index contributed by atoms with van der Waals surface area (Å²) >= 11 is 0. The molecule has 0 spiro atoms. The molecule has 2 aromatic carbocycles. The zero-order valence-corrected chi connectivity index (χ0v) is 16.3. The Labute approximate surface area is 155 Å². The standard InChI is InChI=1S/C21H27NO3S/c1-15-8-3-6-13-20(15)22-21(23)16(2)26(24,25)14-18-11-7-10-17-9-4-5-12-19(17)18/h4-5,7,9-12,15-16,20H,3,6,8,13-14H2,1-2H3,(H,22,23)/t15-,16-,20+/m1/s1. The second-order valence-corrected chi connectivity index (χ2v) is 9.79. The monoisotopic (exact) mass is 373 g/mol. The molecule has 1 amide bonds. The molecule has 3 atom stereocenters. The van der Waals surface area contributed by atoms with Gasteiger partial charge in [0, 0.05) is 6.04 Å². The first-order chi connectivity index (χ1) is 12.4. The van der Waals surface area contributed by atoms with Gasteiger partial charge in [0.2, 0.25) is 5.91 Å². The molecule has 0 saturated heterocycles. The minimum Gasteiger partial charge on any atom is -0.352 e. The van der Waals surface area contributed by atoms with Gasteiger partial charge in [-0.25, -0.2) is 8.42 Å². The fourth-order valence-corrected chi connectivity index (χ4v) is 5.08. The first kappa shape index (κ1) is 18.9. The molecule has 1 aliphatic rings. The van der Waals surface area contributed by atoms with E-state index in [1.54, 1.807) is 0 Å². The molecule has 140 valence electrons. The van der Waals surface area contributed by atoms with Crippen LogP contribution in [0.3, 0.4) is 0 Å². The summed E-state index contributed by atoms with van der Waals surface area (Å²) in [7, 11) is -3.58. The Hall–Kier alpha value is -1.88. The molecule has 1 aliphatic carbocycles. The number of sulfone groups is 1. The van der Waals surface area contributed by atoms with Gasteiger partial charge < -0.3 is 5.32 Å². The van der Waals surface area contributed by atoms with Crippen molar-refractivity contribution in [2.45, 2.75) is 56.6 Å². The summed E-state index contributed by atoms with van der Waals surface area (Å²) in [5, 5.41) is 3.86. The number of carbonyl (C=O) groups excluding carboxylic acids is 1. The Balaban J connectivity index is 1.75. The summed E-state index contributed by atoms with van der Waals surface area (Å²) in [4.78, 5) is 12.6. The van der Waals surface area contributed by atoms with Crippen LogP contribution in [0.4, 0.5) is 0 Å². The smallest absolute Gasteiger partial charge is 0.238 e. The Morgan fingerprint density at radius 3 is 2.58 bits per heavy atom. The van der Waals surface area contributed by atoms with Crippen molar-refractivity contribution in [3.8, 4) is 0 Å². The predicted octanol–water partition coefficient (Wildman–Crippen LogP) is 3.84. The Morgan fingerprint density at radius 1 is 1.12 bits per heavy atom. The van der Waals surface area contributed by atoms with E-state index >= 15 is 0 Å². The normalized spacial score (nSPS) is 22.1. The van der Waals surface area contributed by atoms with Gasteiger partial charge in [0.1, 0.15) is 5.25 Å². The van der Waals surface area contributed by atoms with Crippen LogP contribution in [-0.2, 0) is 20.4 Å². The molecule has 26 heavy (non-hydrogen) atoms. The summed E-state index contributed by atoms with van der Waals surface area (Å²) in [6.07, 6.45) is 4.29. The molecular formula is C21H27NO3S. The van der Waals surface area contributed by atoms with E-state index in [1.807, 2.05) is 42.5 Å². The highest BCUT2D eigenvalue weighted by molar-refractivity contribution is 7.92. The van der Waals surface area contributed by atoms with Gasteiger partial charge in [-0.15, -0.1) is 0 Å². The van der Waals surface area contributed by atoms with Crippen molar-refractivity contribution in [1.29, 1.82) is 0 Å². The average molecular weight is 374 g/mol. The zero-order chi connectivity index (χ0) is 18.7. The molecule has 3 rings (SSSR count). The van der Waals surface area contributed by atoms with Crippen LogP contribution in [0, 0.1) is 5.92 Å². The van der Waals surface area contributed by atoms with Crippen molar-refractivity contribution in [2.75, 3.05) is 0 Å². The molecule has 0 heterocycles. The molecule has 0 radical (unpaired) electrons. The lowest BCUT2D eigenvalue weighted by Gasteiger charge is -2.30. The van der Waals surface area contributed by atoms with Crippen LogP contribution in [0.2, 0.25) is 0 Å². The minimum absolute atomic E-state index is 0.0893. The lowest BCUT2D eigenvalue weighted by atomic mass is 9.86. The molecule has 1 saturated carbocycles. The van der Waals surface area contributed by atoms with Gasteiger partial charge in [-0.1, -0.05) is 62.2 Å². The van der Waals surface area contributed by atoms with Gasteiger partial charge in [-0.2, -0.15) is 0 Å². The number of amides is 1. The quantitative estimate of drug-likeness (QED) is 0.866. The van der Waals surface area contributed by atoms with Gasteiger partial charge in [-0.3, -0.25) is 4.79 Å². The van der Waals surface area contributed by atoms with Gasteiger partial charge in [0.25, 0.3) is 0 Å². The maximum Gasteiger partial charge on any atom is 0.238 e. The number of hydrogen-bond acceptors (Lipinski definition) is 3. The topological polar surface area (TPSA) is 63.2 Å². The molecule has 1 fully saturated rings. The largest absolute Gasteiger partial charge is 0.352 e. The zero-order valence-electron chi connectivity index (χ0n) is 15.4. The van der Waals surface area contributed by atoms with Crippen molar-refractivity contribution in [3.05, 3.63) is 48.0 Å². The van der Waals surface area contributed by atoms with Gasteiger partial charge in [-0.05, 0) is 42.0 Å². The second kappa shape index (κ2) is 7.78. The number of carbonyl (C=O) groups is 1. The summed E-state index contributed by atoms with van der Waals surface area (Å²) < 4.78 is 25.7. The van der Waals surface area contributed by atoms with Gasteiger partial charge in [0.15, 0.2) is 9.84 Å². The Morgan fingerprint density at radius 2 is 1.81 bits per heavy atom. The SMILES string of the molecule is C[C@@H]1CCCC[C@@H]1NC(=O)[C@@H](C)S(=O)(=O)Cc1cccc2ccccc12. The number of hydrogen-bond donors (Lipinski definition) is 1. The highest BCUT2D eigenvalue weighted by Gasteiger charge is 2.31. The molecule has 0 aromatic heterocycles. The van der Waals surface area contributed by atoms with Crippen LogP contribution in [0.1, 0.15) is 45.1 Å². The molecule has 0 aliphatic heterocycles. The van der Waals surface area contributed by atoms with E-state index in [2.05, 4.69) is 12.2 Å². The summed E-state index contributed by atoms with van der Waals surface area (Å²) in [5.74, 6) is -0.0898. The fourth-order valence-electron chi connectivity index (χ4n) is 3.75. The third-order valence-corrected chi connectivity index (χ3v) is 7.59. The van der Waals surface area contributed by atoms with Gasteiger partial charge >= 0.3 is 0 Å². The molecule has 2 aromatic rings. The number of fused-ring (bicyclic) bond motifs is 1. The maximum atomic E-state index is 12.8. The van der Waals surface area contributed by atoms with E-state index in [4.69, 9.17) is 0 Å². The Bertz CT molecular complexity index is 886. The van der Waals surface area contributed by atoms with Gasteiger partial charge in [0.05, 0.1) is 5.75 Å². The molecule has 4 nitrogen and oxygen atoms in total. The molecule has 0 unspecified atom stereocenters. The van der Waals surface area contributed by atoms with E-state index < -0.39 is 15.1 Å². The lowest BCUT2D eigenvalue weighted by Crippen LogP contribution is -2.47. The maximum absolute atomic E-state index is 12.8. The first-order valence-electron chi connectivity index (χ1n) is 9.37. The van der Waals surface area contributed by atoms with Crippen molar-refractivity contribution < 1.29 is 13.2 Å². The van der Waals surface area contributed by atoms with Crippen molar-refractivity contribution in [3.63, 3.8) is 0 Å². The lowest BCUT2D eigenvalue weighted by molar-refractivity contribution is -0.121. The van der Waals surface area contributed by atoms with Crippen molar-refractivity contribution in [1.82, 2.24) is 5.32 Å². The highest BCUT2D eigenvalue weighted by atomic mass is 32.2. The minimum atomic E-state index is -3.58. The molecule has 1 N–H and O–H groups in total. The second-order valence-electron chi connectivity index (χ2n) is 7.46.